The number of nitrogens with one attached hydrogen (secondary N) is 2. The van der Waals surface area contributed by atoms with Crippen LogP contribution in [0.4, 0.5) is 11.5 Å². The first kappa shape index (κ1) is 17.6. The van der Waals surface area contributed by atoms with E-state index in [1.54, 1.807) is 24.5 Å². The Balaban J connectivity index is 1.45. The Morgan fingerprint density at radius 2 is 1.78 bits per heavy atom. The van der Waals surface area contributed by atoms with Crippen molar-refractivity contribution in [3.05, 3.63) is 36.2 Å². The summed E-state index contributed by atoms with van der Waals surface area (Å²) in [6.45, 7) is 1.83. The molecular weight excluding hydrogens is 344 g/mol. The van der Waals surface area contributed by atoms with E-state index in [4.69, 9.17) is 9.47 Å². The summed E-state index contributed by atoms with van der Waals surface area (Å²) >= 11 is 0. The summed E-state index contributed by atoms with van der Waals surface area (Å²) in [7, 11) is 1.37. The lowest BCUT2D eigenvalue weighted by Crippen LogP contribution is -2.07. The van der Waals surface area contributed by atoms with Crippen LogP contribution in [0.3, 0.4) is 0 Å². The first-order valence-electron chi connectivity index (χ1n) is 9.40. The Labute approximate surface area is 158 Å². The van der Waals surface area contributed by atoms with E-state index in [0.29, 0.717) is 17.2 Å². The largest absolute Gasteiger partial charge is 0.465 e. The second kappa shape index (κ2) is 7.82. The van der Waals surface area contributed by atoms with Crippen LogP contribution in [0, 0.1) is 11.8 Å². The summed E-state index contributed by atoms with van der Waals surface area (Å²) in [6, 6.07) is 5.28. The number of ether oxygens (including phenoxy) is 2. The summed E-state index contributed by atoms with van der Waals surface area (Å²) in [5.41, 5.74) is 1.26. The predicted molar refractivity (Wildman–Crippen MR) is 102 cm³/mol. The number of hydrogen-bond donors (Lipinski definition) is 2. The number of methoxy groups -OCH3 is 1. The molecule has 7 heteroatoms. The smallest absolute Gasteiger partial charge is 0.338 e. The number of anilines is 2. The molecule has 2 N–H and O–H groups in total. The van der Waals surface area contributed by atoms with Crippen molar-refractivity contribution in [3.63, 3.8) is 0 Å². The van der Waals surface area contributed by atoms with Crippen LogP contribution < -0.4 is 15.4 Å². The average molecular weight is 368 g/mol. The van der Waals surface area contributed by atoms with Gasteiger partial charge in [0.2, 0.25) is 5.88 Å². The normalized spacial score (nSPS) is 15.9. The van der Waals surface area contributed by atoms with Crippen molar-refractivity contribution in [2.45, 2.75) is 25.7 Å². The van der Waals surface area contributed by atoms with E-state index in [-0.39, 0.29) is 0 Å². The summed E-state index contributed by atoms with van der Waals surface area (Å²) in [5, 5.41) is 6.63. The van der Waals surface area contributed by atoms with Gasteiger partial charge in [-0.3, -0.25) is 0 Å². The van der Waals surface area contributed by atoms with Crippen molar-refractivity contribution in [2.24, 2.45) is 11.8 Å². The van der Waals surface area contributed by atoms with E-state index in [2.05, 4.69) is 20.6 Å². The Hall–Kier alpha value is -2.83. The van der Waals surface area contributed by atoms with E-state index >= 15 is 0 Å². The van der Waals surface area contributed by atoms with Crippen LogP contribution in [-0.2, 0) is 4.74 Å². The Morgan fingerprint density at radius 3 is 2.41 bits per heavy atom. The second-order valence-electron chi connectivity index (χ2n) is 7.23. The molecule has 7 nitrogen and oxygen atoms in total. The zero-order valence-electron chi connectivity index (χ0n) is 15.4. The molecule has 1 aromatic carbocycles. The van der Waals surface area contributed by atoms with E-state index in [0.717, 1.165) is 36.4 Å². The predicted octanol–water partition coefficient (Wildman–Crippen LogP) is 3.70. The van der Waals surface area contributed by atoms with Crippen molar-refractivity contribution in [1.82, 2.24) is 9.97 Å². The van der Waals surface area contributed by atoms with Gasteiger partial charge in [-0.05, 0) is 49.7 Å². The lowest BCUT2D eigenvalue weighted by atomic mass is 10.2. The number of nitrogens with zero attached hydrogens (tertiary/aromatic N) is 2. The van der Waals surface area contributed by atoms with Gasteiger partial charge in [-0.2, -0.15) is 0 Å². The molecule has 2 fully saturated rings. The zero-order chi connectivity index (χ0) is 18.6. The van der Waals surface area contributed by atoms with Crippen LogP contribution in [-0.4, -0.2) is 36.1 Å². The summed E-state index contributed by atoms with van der Waals surface area (Å²) in [4.78, 5) is 20.6. The molecule has 1 heterocycles. The highest BCUT2D eigenvalue weighted by molar-refractivity contribution is 5.91. The van der Waals surface area contributed by atoms with Gasteiger partial charge in [0.1, 0.15) is 11.6 Å². The maximum atomic E-state index is 12.0. The van der Waals surface area contributed by atoms with Gasteiger partial charge in [0, 0.05) is 24.8 Å². The number of carbonyl (C=O) groups excluding carboxylic acids is 1. The molecule has 2 aliphatic rings. The molecule has 142 valence electrons. The van der Waals surface area contributed by atoms with Crippen molar-refractivity contribution < 1.29 is 14.3 Å². The molecule has 0 aliphatic heterocycles. The van der Waals surface area contributed by atoms with Crippen molar-refractivity contribution in [2.75, 3.05) is 30.8 Å². The third-order valence-corrected chi connectivity index (χ3v) is 4.74. The molecule has 2 saturated carbocycles. The van der Waals surface area contributed by atoms with Gasteiger partial charge in [0.15, 0.2) is 0 Å². The molecule has 2 aliphatic carbocycles. The van der Waals surface area contributed by atoms with Gasteiger partial charge < -0.3 is 20.1 Å². The number of esters is 1. The van der Waals surface area contributed by atoms with Crippen molar-refractivity contribution in [3.8, 4) is 11.6 Å². The number of hydrogen-bond acceptors (Lipinski definition) is 7. The van der Waals surface area contributed by atoms with E-state index < -0.39 is 5.97 Å². The standard InChI is InChI=1S/C20H24N4O3/c1-26-20(25)15-6-16(21-9-13-2-3-13)8-17(7-15)27-19-12-23-18(11-24-19)22-10-14-4-5-14/h6-8,11-14,21H,2-5,9-10H2,1H3,(H,22,23). The number of carbonyl (C=O) groups is 1. The first-order chi connectivity index (χ1) is 13.2. The molecule has 0 spiro atoms. The third-order valence-electron chi connectivity index (χ3n) is 4.74. The molecule has 4 rings (SSSR count). The van der Waals surface area contributed by atoms with E-state index in [9.17, 15) is 4.79 Å². The molecule has 0 unspecified atom stereocenters. The molecule has 27 heavy (non-hydrogen) atoms. The molecule has 0 atom stereocenters. The lowest BCUT2D eigenvalue weighted by Gasteiger charge is -2.11. The molecule has 0 radical (unpaired) electrons. The third kappa shape index (κ3) is 5.09. The van der Waals surface area contributed by atoms with Gasteiger partial charge in [-0.1, -0.05) is 0 Å². The first-order valence-corrected chi connectivity index (χ1v) is 9.40. The van der Waals surface area contributed by atoms with E-state index in [1.165, 1.54) is 32.8 Å². The van der Waals surface area contributed by atoms with Gasteiger partial charge in [-0.15, -0.1) is 0 Å². The molecular formula is C20H24N4O3. The fourth-order valence-corrected chi connectivity index (χ4v) is 2.73. The fourth-order valence-electron chi connectivity index (χ4n) is 2.73. The van der Waals surface area contributed by atoms with Crippen molar-refractivity contribution in [1.29, 1.82) is 0 Å². The highest BCUT2D eigenvalue weighted by atomic mass is 16.5. The minimum atomic E-state index is -0.402. The number of aromatic nitrogens is 2. The van der Waals surface area contributed by atoms with Crippen LogP contribution in [0.2, 0.25) is 0 Å². The Bertz CT molecular complexity index is 801. The van der Waals surface area contributed by atoms with E-state index in [1.807, 2.05) is 6.07 Å². The topological polar surface area (TPSA) is 85.4 Å². The monoisotopic (exact) mass is 368 g/mol. The van der Waals surface area contributed by atoms with Crippen LogP contribution in [0.15, 0.2) is 30.6 Å². The van der Waals surface area contributed by atoms with Crippen LogP contribution in [0.5, 0.6) is 11.6 Å². The number of rotatable bonds is 9. The molecule has 2 aromatic rings. The molecule has 0 bridgehead atoms. The fraction of sp³-hybridized carbons (Fsp3) is 0.450. The second-order valence-corrected chi connectivity index (χ2v) is 7.23. The van der Waals surface area contributed by atoms with Gasteiger partial charge in [0.25, 0.3) is 0 Å². The quantitative estimate of drug-likeness (QED) is 0.653. The minimum Gasteiger partial charge on any atom is -0.465 e. The molecule has 0 saturated heterocycles. The summed E-state index contributed by atoms with van der Waals surface area (Å²) in [6.07, 6.45) is 8.32. The Kier molecular flexibility index (Phi) is 5.09. The molecule has 0 amide bonds. The highest BCUT2D eigenvalue weighted by Gasteiger charge is 2.21. The van der Waals surface area contributed by atoms with Gasteiger partial charge in [-0.25, -0.2) is 14.8 Å². The van der Waals surface area contributed by atoms with Crippen LogP contribution >= 0.6 is 0 Å². The molecule has 1 aromatic heterocycles. The maximum absolute atomic E-state index is 12.0. The van der Waals surface area contributed by atoms with Gasteiger partial charge in [0.05, 0.1) is 25.1 Å². The highest BCUT2D eigenvalue weighted by Crippen LogP contribution is 2.31. The zero-order valence-corrected chi connectivity index (χ0v) is 15.4. The lowest BCUT2D eigenvalue weighted by molar-refractivity contribution is 0.0600. The maximum Gasteiger partial charge on any atom is 0.338 e. The van der Waals surface area contributed by atoms with Crippen LogP contribution in [0.1, 0.15) is 36.0 Å². The number of benzene rings is 1. The summed E-state index contributed by atoms with van der Waals surface area (Å²) in [5.74, 6) is 2.72. The van der Waals surface area contributed by atoms with Crippen LogP contribution in [0.25, 0.3) is 0 Å². The summed E-state index contributed by atoms with van der Waals surface area (Å²) < 4.78 is 10.7. The van der Waals surface area contributed by atoms with Crippen molar-refractivity contribution >= 4 is 17.5 Å². The SMILES string of the molecule is COC(=O)c1cc(NCC2CC2)cc(Oc2cnc(NCC3CC3)cn2)c1. The van der Waals surface area contributed by atoms with Gasteiger partial charge >= 0.3 is 5.97 Å². The Morgan fingerprint density at radius 1 is 1.04 bits per heavy atom. The average Bonchev–Trinajstić information content (AvgIpc) is 3.60. The minimum absolute atomic E-state index is 0.377.